The lowest BCUT2D eigenvalue weighted by Gasteiger charge is -2.27. The first-order valence-electron chi connectivity index (χ1n) is 11.9. The lowest BCUT2D eigenvalue weighted by Crippen LogP contribution is -2.40. The van der Waals surface area contributed by atoms with E-state index in [1.807, 2.05) is 37.3 Å². The van der Waals surface area contributed by atoms with Crippen LogP contribution >= 0.6 is 0 Å². The van der Waals surface area contributed by atoms with Crippen LogP contribution < -0.4 is 15.0 Å². The molecule has 2 fully saturated rings. The maximum atomic E-state index is 13.2. The highest BCUT2D eigenvalue weighted by molar-refractivity contribution is 7.89. The Balaban J connectivity index is 1.43. The predicted molar refractivity (Wildman–Crippen MR) is 132 cm³/mol. The third-order valence-corrected chi connectivity index (χ3v) is 8.00. The molecule has 2 aromatic rings. The molecule has 2 aliphatic rings. The van der Waals surface area contributed by atoms with Gasteiger partial charge in [-0.05, 0) is 62.1 Å². The van der Waals surface area contributed by atoms with Crippen LogP contribution in [-0.2, 0) is 19.6 Å². The summed E-state index contributed by atoms with van der Waals surface area (Å²) in [7, 11) is -3.65. The van der Waals surface area contributed by atoms with Crippen molar-refractivity contribution in [3.05, 3.63) is 48.0 Å². The van der Waals surface area contributed by atoms with Gasteiger partial charge in [0.05, 0.1) is 36.1 Å². The van der Waals surface area contributed by atoms with Crippen LogP contribution in [0.5, 0.6) is 5.75 Å². The number of nitrogens with zero attached hydrogens (tertiary/aromatic N) is 2. The van der Waals surface area contributed by atoms with Gasteiger partial charge in [0.1, 0.15) is 5.75 Å². The molecule has 0 aliphatic carbocycles. The average Bonchev–Trinajstić information content (AvgIpc) is 3.37. The molecular formula is C25H33N3O5S. The van der Waals surface area contributed by atoms with E-state index in [1.165, 1.54) is 4.31 Å². The number of carbonyl (C=O) groups is 1. The molecule has 34 heavy (non-hydrogen) atoms. The van der Waals surface area contributed by atoms with Crippen LogP contribution in [-0.4, -0.2) is 64.6 Å². The van der Waals surface area contributed by atoms with Crippen molar-refractivity contribution in [3.8, 4) is 5.75 Å². The van der Waals surface area contributed by atoms with Gasteiger partial charge in [-0.15, -0.1) is 0 Å². The van der Waals surface area contributed by atoms with E-state index < -0.39 is 10.0 Å². The van der Waals surface area contributed by atoms with Crippen LogP contribution in [0.3, 0.4) is 0 Å². The predicted octanol–water partition coefficient (Wildman–Crippen LogP) is 3.41. The standard InChI is InChI=1S/C25H33N3O5S/c1-20-6-4-7-21(18-20)33-15-5-8-25(29)26-23-19-22(9-10-24(23)27-11-2-3-12-27)34(30,31)28-13-16-32-17-14-28/h4,6-7,9-10,18-19H,2-3,5,8,11-17H2,1H3,(H,26,29). The maximum absolute atomic E-state index is 13.2. The Bertz CT molecular complexity index is 1090. The number of ether oxygens (including phenoxy) is 2. The Labute approximate surface area is 201 Å². The summed E-state index contributed by atoms with van der Waals surface area (Å²) in [6.07, 6.45) is 3.01. The molecular weight excluding hydrogens is 454 g/mol. The van der Waals surface area contributed by atoms with E-state index in [9.17, 15) is 13.2 Å². The van der Waals surface area contributed by atoms with Gasteiger partial charge in [0.15, 0.2) is 0 Å². The fourth-order valence-electron chi connectivity index (χ4n) is 4.29. The number of hydrogen-bond acceptors (Lipinski definition) is 6. The minimum absolute atomic E-state index is 0.158. The first-order chi connectivity index (χ1) is 16.4. The second-order valence-corrected chi connectivity index (χ2v) is 10.6. The largest absolute Gasteiger partial charge is 0.494 e. The number of anilines is 2. The third kappa shape index (κ3) is 6.08. The van der Waals surface area contributed by atoms with Crippen molar-refractivity contribution in [1.82, 2.24) is 4.31 Å². The van der Waals surface area contributed by atoms with E-state index in [4.69, 9.17) is 9.47 Å². The number of nitrogens with one attached hydrogen (secondary N) is 1. The van der Waals surface area contributed by atoms with E-state index in [1.54, 1.807) is 12.1 Å². The van der Waals surface area contributed by atoms with Gasteiger partial charge >= 0.3 is 0 Å². The summed E-state index contributed by atoms with van der Waals surface area (Å²) in [5.74, 6) is 0.631. The summed E-state index contributed by atoms with van der Waals surface area (Å²) in [4.78, 5) is 15.1. The molecule has 0 radical (unpaired) electrons. The molecule has 1 amide bonds. The minimum atomic E-state index is -3.65. The van der Waals surface area contributed by atoms with Gasteiger partial charge in [0.25, 0.3) is 0 Å². The Morgan fingerprint density at radius 2 is 1.82 bits per heavy atom. The van der Waals surface area contributed by atoms with Crippen LogP contribution in [0.4, 0.5) is 11.4 Å². The van der Waals surface area contributed by atoms with Crippen molar-refractivity contribution in [2.45, 2.75) is 37.5 Å². The van der Waals surface area contributed by atoms with Gasteiger partial charge in [-0.2, -0.15) is 4.31 Å². The van der Waals surface area contributed by atoms with Gasteiger partial charge in [0, 0.05) is 32.6 Å². The quantitative estimate of drug-likeness (QED) is 0.546. The number of amides is 1. The van der Waals surface area contributed by atoms with E-state index >= 15 is 0 Å². The third-order valence-electron chi connectivity index (χ3n) is 6.10. The number of morpholine rings is 1. The number of sulfonamides is 1. The summed E-state index contributed by atoms with van der Waals surface area (Å²) >= 11 is 0. The fraction of sp³-hybridized carbons (Fsp3) is 0.480. The van der Waals surface area contributed by atoms with Gasteiger partial charge < -0.3 is 19.7 Å². The first-order valence-corrected chi connectivity index (χ1v) is 13.3. The van der Waals surface area contributed by atoms with Crippen molar-refractivity contribution in [2.75, 3.05) is 56.2 Å². The van der Waals surface area contributed by atoms with E-state index in [-0.39, 0.29) is 17.2 Å². The van der Waals surface area contributed by atoms with Gasteiger partial charge in [-0.3, -0.25) is 4.79 Å². The van der Waals surface area contributed by atoms with Gasteiger partial charge in [-0.25, -0.2) is 8.42 Å². The molecule has 2 heterocycles. The molecule has 8 nitrogen and oxygen atoms in total. The van der Waals surface area contributed by atoms with Crippen LogP contribution in [0.25, 0.3) is 0 Å². The molecule has 2 aliphatic heterocycles. The molecule has 0 unspecified atom stereocenters. The van der Waals surface area contributed by atoms with Crippen molar-refractivity contribution in [1.29, 1.82) is 0 Å². The zero-order valence-electron chi connectivity index (χ0n) is 19.7. The Morgan fingerprint density at radius 3 is 2.56 bits per heavy atom. The Morgan fingerprint density at radius 1 is 1.06 bits per heavy atom. The molecule has 184 valence electrons. The number of benzene rings is 2. The second kappa shape index (κ2) is 11.2. The van der Waals surface area contributed by atoms with Crippen molar-refractivity contribution >= 4 is 27.3 Å². The first kappa shape index (κ1) is 24.5. The lowest BCUT2D eigenvalue weighted by atomic mass is 10.2. The zero-order valence-corrected chi connectivity index (χ0v) is 20.5. The Hall–Kier alpha value is -2.62. The number of aryl methyl sites for hydroxylation is 1. The number of carbonyl (C=O) groups excluding carboxylic acids is 1. The molecule has 0 atom stereocenters. The van der Waals surface area contributed by atoms with Crippen molar-refractivity contribution < 1.29 is 22.7 Å². The smallest absolute Gasteiger partial charge is 0.243 e. The lowest BCUT2D eigenvalue weighted by molar-refractivity contribution is -0.116. The molecule has 2 aromatic carbocycles. The number of hydrogen-bond donors (Lipinski definition) is 1. The van der Waals surface area contributed by atoms with E-state index in [0.29, 0.717) is 45.0 Å². The summed E-state index contributed by atoms with van der Waals surface area (Å²) < 4.78 is 38.8. The monoisotopic (exact) mass is 487 g/mol. The minimum Gasteiger partial charge on any atom is -0.494 e. The highest BCUT2D eigenvalue weighted by Crippen LogP contribution is 2.32. The summed E-state index contributed by atoms with van der Waals surface area (Å²) in [5.41, 5.74) is 2.53. The van der Waals surface area contributed by atoms with Crippen LogP contribution in [0.2, 0.25) is 0 Å². The van der Waals surface area contributed by atoms with Crippen LogP contribution in [0, 0.1) is 6.92 Å². The summed E-state index contributed by atoms with van der Waals surface area (Å²) in [5, 5.41) is 2.97. The highest BCUT2D eigenvalue weighted by atomic mass is 32.2. The molecule has 1 N–H and O–H groups in total. The molecule has 2 saturated heterocycles. The van der Waals surface area contributed by atoms with Crippen LogP contribution in [0.1, 0.15) is 31.2 Å². The van der Waals surface area contributed by atoms with Gasteiger partial charge in [0.2, 0.25) is 15.9 Å². The van der Waals surface area contributed by atoms with Crippen LogP contribution in [0.15, 0.2) is 47.4 Å². The Kier molecular flexibility index (Phi) is 8.07. The summed E-state index contributed by atoms with van der Waals surface area (Å²) in [6, 6.07) is 12.9. The SMILES string of the molecule is Cc1cccc(OCCCC(=O)Nc2cc(S(=O)(=O)N3CCOCC3)ccc2N2CCCC2)c1. The van der Waals surface area contributed by atoms with E-state index in [2.05, 4.69) is 10.2 Å². The van der Waals surface area contributed by atoms with Gasteiger partial charge in [-0.1, -0.05) is 12.1 Å². The van der Waals surface area contributed by atoms with E-state index in [0.717, 1.165) is 42.9 Å². The summed E-state index contributed by atoms with van der Waals surface area (Å²) in [6.45, 7) is 5.66. The molecule has 9 heteroatoms. The van der Waals surface area contributed by atoms with Crippen molar-refractivity contribution in [2.24, 2.45) is 0 Å². The molecule has 4 rings (SSSR count). The number of rotatable bonds is 9. The normalized spacial score (nSPS) is 17.0. The molecule has 0 spiro atoms. The zero-order chi connectivity index (χ0) is 24.0. The fourth-order valence-corrected chi connectivity index (χ4v) is 5.72. The average molecular weight is 488 g/mol. The molecule has 0 aromatic heterocycles. The molecule has 0 bridgehead atoms. The highest BCUT2D eigenvalue weighted by Gasteiger charge is 2.28. The second-order valence-electron chi connectivity index (χ2n) is 8.71. The topological polar surface area (TPSA) is 88.2 Å². The van der Waals surface area contributed by atoms with Crippen molar-refractivity contribution in [3.63, 3.8) is 0 Å². The maximum Gasteiger partial charge on any atom is 0.243 e. The molecule has 0 saturated carbocycles.